The van der Waals surface area contributed by atoms with Crippen LogP contribution in [0.15, 0.2) is 67.1 Å². The Hall–Kier alpha value is -3.87. The van der Waals surface area contributed by atoms with Crippen molar-refractivity contribution in [3.05, 3.63) is 78.2 Å². The summed E-state index contributed by atoms with van der Waals surface area (Å²) in [7, 11) is 0. The van der Waals surface area contributed by atoms with Gasteiger partial charge in [-0.05, 0) is 62.3 Å². The van der Waals surface area contributed by atoms with Gasteiger partial charge in [-0.3, -0.25) is 4.79 Å². The predicted molar refractivity (Wildman–Crippen MR) is 133 cm³/mol. The van der Waals surface area contributed by atoms with E-state index in [1.165, 1.54) is 0 Å². The van der Waals surface area contributed by atoms with Gasteiger partial charge in [0.05, 0.1) is 29.4 Å². The van der Waals surface area contributed by atoms with Gasteiger partial charge in [-0.25, -0.2) is 19.9 Å². The van der Waals surface area contributed by atoms with Gasteiger partial charge >= 0.3 is 0 Å². The first-order valence-corrected chi connectivity index (χ1v) is 12.2. The summed E-state index contributed by atoms with van der Waals surface area (Å²) in [6.07, 6.45) is 8.22. The molecular weight excluding hydrogens is 438 g/mol. The minimum atomic E-state index is 0.0746. The van der Waals surface area contributed by atoms with Gasteiger partial charge in [-0.15, -0.1) is 0 Å². The lowest BCUT2D eigenvalue weighted by Crippen LogP contribution is -2.55. The second-order valence-corrected chi connectivity index (χ2v) is 9.57. The summed E-state index contributed by atoms with van der Waals surface area (Å²) in [4.78, 5) is 33.7. The molecule has 4 heterocycles. The lowest BCUT2D eigenvalue weighted by atomic mass is 9.72. The van der Waals surface area contributed by atoms with E-state index in [4.69, 9.17) is 4.74 Å². The minimum Gasteiger partial charge on any atom is -0.476 e. The van der Waals surface area contributed by atoms with Crippen LogP contribution >= 0.6 is 0 Å². The molecule has 2 aromatic carbocycles. The number of para-hydroxylation sites is 2. The molecule has 176 valence electrons. The van der Waals surface area contributed by atoms with Crippen LogP contribution in [0.3, 0.4) is 0 Å². The highest BCUT2D eigenvalue weighted by molar-refractivity contribution is 6.00. The molecule has 7 rings (SSSR count). The highest BCUT2D eigenvalue weighted by Gasteiger charge is 2.43. The Kier molecular flexibility index (Phi) is 5.60. The molecule has 1 saturated carbocycles. The van der Waals surface area contributed by atoms with Crippen LogP contribution in [0.5, 0.6) is 5.88 Å². The van der Waals surface area contributed by atoms with Crippen molar-refractivity contribution in [2.45, 2.75) is 32.2 Å². The zero-order valence-electron chi connectivity index (χ0n) is 19.7. The number of aryl methyl sites for hydroxylation is 1. The Bertz CT molecular complexity index is 1380. The van der Waals surface area contributed by atoms with Crippen molar-refractivity contribution in [2.24, 2.45) is 11.8 Å². The van der Waals surface area contributed by atoms with E-state index in [0.717, 1.165) is 48.0 Å². The maximum absolute atomic E-state index is 13.8. The molecule has 35 heavy (non-hydrogen) atoms. The maximum Gasteiger partial charge on any atom is 0.254 e. The molecule has 2 aromatic heterocycles. The highest BCUT2D eigenvalue weighted by atomic mass is 16.5. The number of carbonyl (C=O) groups is 1. The monoisotopic (exact) mass is 465 g/mol. The van der Waals surface area contributed by atoms with Gasteiger partial charge in [-0.1, -0.05) is 29.8 Å². The van der Waals surface area contributed by atoms with E-state index in [-0.39, 0.29) is 11.9 Å². The van der Waals surface area contributed by atoms with Crippen LogP contribution in [0.4, 0.5) is 0 Å². The lowest BCUT2D eigenvalue weighted by Gasteiger charge is -2.49. The molecule has 3 atom stereocenters. The first kappa shape index (κ1) is 21.6. The third-order valence-electron chi connectivity index (χ3n) is 7.33. The van der Waals surface area contributed by atoms with Gasteiger partial charge in [0.2, 0.25) is 5.88 Å². The van der Waals surface area contributed by atoms with E-state index < -0.39 is 0 Å². The van der Waals surface area contributed by atoms with E-state index >= 15 is 0 Å². The Morgan fingerprint density at radius 2 is 1.86 bits per heavy atom. The molecule has 1 amide bonds. The van der Waals surface area contributed by atoms with Crippen molar-refractivity contribution in [3.8, 4) is 17.3 Å². The van der Waals surface area contributed by atoms with Crippen LogP contribution in [0.2, 0.25) is 0 Å². The predicted octanol–water partition coefficient (Wildman–Crippen LogP) is 4.71. The SMILES string of the molecule is Cc1ccc(-c2ncccn2)c(C(=O)N2CC3CCC2CC3COc2cnc3ccccc3n2)c1. The van der Waals surface area contributed by atoms with Gasteiger partial charge < -0.3 is 9.64 Å². The summed E-state index contributed by atoms with van der Waals surface area (Å²) in [5.74, 6) is 2.04. The molecular formula is C28H27N5O2. The number of benzene rings is 2. The van der Waals surface area contributed by atoms with Crippen molar-refractivity contribution in [1.29, 1.82) is 0 Å². The van der Waals surface area contributed by atoms with E-state index in [1.807, 2.05) is 49.4 Å². The van der Waals surface area contributed by atoms with E-state index in [9.17, 15) is 4.79 Å². The Morgan fingerprint density at radius 3 is 2.66 bits per heavy atom. The molecule has 2 bridgehead atoms. The van der Waals surface area contributed by atoms with Crippen molar-refractivity contribution in [3.63, 3.8) is 0 Å². The van der Waals surface area contributed by atoms with Crippen molar-refractivity contribution in [2.75, 3.05) is 13.2 Å². The first-order chi connectivity index (χ1) is 17.2. The molecule has 0 N–H and O–H groups in total. The lowest BCUT2D eigenvalue weighted by molar-refractivity contribution is -0.00469. The third-order valence-corrected chi connectivity index (χ3v) is 7.33. The second kappa shape index (κ2) is 9.06. The van der Waals surface area contributed by atoms with Gasteiger partial charge in [-0.2, -0.15) is 0 Å². The zero-order chi connectivity index (χ0) is 23.8. The Balaban J connectivity index is 1.17. The normalized spacial score (nSPS) is 21.3. The average Bonchev–Trinajstić information content (AvgIpc) is 2.92. The number of nitrogens with zero attached hydrogens (tertiary/aromatic N) is 5. The van der Waals surface area contributed by atoms with E-state index in [2.05, 4.69) is 24.8 Å². The van der Waals surface area contributed by atoms with Gasteiger partial charge in [0.15, 0.2) is 5.82 Å². The summed E-state index contributed by atoms with van der Waals surface area (Å²) < 4.78 is 6.09. The molecule has 1 aliphatic carbocycles. The van der Waals surface area contributed by atoms with Gasteiger partial charge in [0, 0.05) is 30.5 Å². The van der Waals surface area contributed by atoms with Crippen LogP contribution < -0.4 is 4.74 Å². The molecule has 0 radical (unpaired) electrons. The molecule has 3 fully saturated rings. The number of hydrogen-bond donors (Lipinski definition) is 0. The minimum absolute atomic E-state index is 0.0746. The molecule has 0 spiro atoms. The number of ether oxygens (including phenoxy) is 1. The number of carbonyl (C=O) groups excluding carboxylic acids is 1. The molecule has 2 saturated heterocycles. The fourth-order valence-corrected chi connectivity index (χ4v) is 5.51. The molecule has 2 aliphatic heterocycles. The second-order valence-electron chi connectivity index (χ2n) is 9.57. The van der Waals surface area contributed by atoms with Crippen LogP contribution in [0.1, 0.15) is 35.2 Å². The summed E-state index contributed by atoms with van der Waals surface area (Å²) in [5, 5.41) is 0. The fourth-order valence-electron chi connectivity index (χ4n) is 5.51. The third kappa shape index (κ3) is 4.22. The molecule has 7 heteroatoms. The molecule has 7 nitrogen and oxygen atoms in total. The van der Waals surface area contributed by atoms with Gasteiger partial charge in [0.25, 0.3) is 5.91 Å². The number of aromatic nitrogens is 4. The molecule has 3 aliphatic rings. The van der Waals surface area contributed by atoms with Crippen LogP contribution in [0.25, 0.3) is 22.4 Å². The van der Waals surface area contributed by atoms with E-state index in [1.54, 1.807) is 24.7 Å². The highest BCUT2D eigenvalue weighted by Crippen LogP contribution is 2.40. The summed E-state index contributed by atoms with van der Waals surface area (Å²) in [6, 6.07) is 15.7. The van der Waals surface area contributed by atoms with Crippen molar-refractivity contribution < 1.29 is 9.53 Å². The Labute approximate surface area is 204 Å². The van der Waals surface area contributed by atoms with Crippen LogP contribution in [-0.4, -0.2) is 49.9 Å². The molecule has 4 aromatic rings. The number of amides is 1. The standard InChI is InChI=1S/C28H27N5O2/c1-18-7-10-22(27-29-11-4-12-30-27)23(13-18)28(34)33-16-19-8-9-21(33)14-20(19)17-35-26-15-31-24-5-2-3-6-25(24)32-26/h2-7,10-13,15,19-21H,8-9,14,16-17H2,1H3. The number of rotatable bonds is 5. The molecule has 3 unspecified atom stereocenters. The van der Waals surface area contributed by atoms with Crippen LogP contribution in [-0.2, 0) is 0 Å². The quantitative estimate of drug-likeness (QED) is 0.424. The van der Waals surface area contributed by atoms with E-state index in [0.29, 0.717) is 35.7 Å². The average molecular weight is 466 g/mol. The maximum atomic E-state index is 13.8. The number of piperidine rings is 2. The summed E-state index contributed by atoms with van der Waals surface area (Å²) >= 11 is 0. The van der Waals surface area contributed by atoms with Gasteiger partial charge in [0.1, 0.15) is 0 Å². The number of hydrogen-bond acceptors (Lipinski definition) is 6. The van der Waals surface area contributed by atoms with Crippen molar-refractivity contribution in [1.82, 2.24) is 24.8 Å². The number of fused-ring (bicyclic) bond motifs is 4. The Morgan fingerprint density at radius 1 is 1.03 bits per heavy atom. The largest absolute Gasteiger partial charge is 0.476 e. The fraction of sp³-hybridized carbons (Fsp3) is 0.321. The smallest absolute Gasteiger partial charge is 0.254 e. The topological polar surface area (TPSA) is 81.1 Å². The summed E-state index contributed by atoms with van der Waals surface area (Å²) in [5.41, 5.74) is 4.23. The zero-order valence-corrected chi connectivity index (χ0v) is 19.7. The van der Waals surface area contributed by atoms with Crippen LogP contribution in [0, 0.1) is 18.8 Å². The van der Waals surface area contributed by atoms with Crippen molar-refractivity contribution >= 4 is 16.9 Å². The first-order valence-electron chi connectivity index (χ1n) is 12.2. The summed E-state index contributed by atoms with van der Waals surface area (Å²) in [6.45, 7) is 3.37.